The number of hydrogen-bond donors (Lipinski definition) is 0. The highest BCUT2D eigenvalue weighted by Gasteiger charge is 2.11. The Kier molecular flexibility index (Phi) is 2.72. The first-order valence-electron chi connectivity index (χ1n) is 3.91. The van der Waals surface area contributed by atoms with Gasteiger partial charge in [0.15, 0.2) is 0 Å². The van der Waals surface area contributed by atoms with Crippen molar-refractivity contribution >= 4 is 9.84 Å². The SMILES string of the molecule is O=S1(=O)CCCCCCC1. The van der Waals surface area contributed by atoms with Gasteiger partial charge >= 0.3 is 0 Å². The molecule has 0 aromatic rings. The van der Waals surface area contributed by atoms with Crippen molar-refractivity contribution in [2.24, 2.45) is 0 Å². The fraction of sp³-hybridized carbons (Fsp3) is 1.00. The van der Waals surface area contributed by atoms with E-state index in [9.17, 15) is 8.42 Å². The van der Waals surface area contributed by atoms with E-state index in [0.29, 0.717) is 11.5 Å². The quantitative estimate of drug-likeness (QED) is 0.539. The second-order valence-electron chi connectivity index (χ2n) is 2.92. The average Bonchev–Trinajstić information content (AvgIpc) is 1.81. The van der Waals surface area contributed by atoms with Crippen molar-refractivity contribution in [2.45, 2.75) is 32.1 Å². The Labute approximate surface area is 62.5 Å². The zero-order valence-electron chi connectivity index (χ0n) is 6.17. The molecular formula is C7H14O2S. The van der Waals surface area contributed by atoms with Gasteiger partial charge in [-0.15, -0.1) is 0 Å². The van der Waals surface area contributed by atoms with Crippen LogP contribution in [0.5, 0.6) is 0 Å². The van der Waals surface area contributed by atoms with E-state index in [1.165, 1.54) is 6.42 Å². The molecule has 1 aliphatic heterocycles. The van der Waals surface area contributed by atoms with Crippen LogP contribution in [0.1, 0.15) is 32.1 Å². The molecule has 1 fully saturated rings. The van der Waals surface area contributed by atoms with Crippen molar-refractivity contribution in [3.05, 3.63) is 0 Å². The van der Waals surface area contributed by atoms with Gasteiger partial charge in [-0.25, -0.2) is 8.42 Å². The van der Waals surface area contributed by atoms with Crippen LogP contribution in [-0.4, -0.2) is 19.9 Å². The van der Waals surface area contributed by atoms with Crippen molar-refractivity contribution in [2.75, 3.05) is 11.5 Å². The van der Waals surface area contributed by atoms with Crippen molar-refractivity contribution in [1.29, 1.82) is 0 Å². The number of hydrogen-bond acceptors (Lipinski definition) is 2. The smallest absolute Gasteiger partial charge is 0.150 e. The lowest BCUT2D eigenvalue weighted by atomic mass is 10.2. The van der Waals surface area contributed by atoms with Crippen LogP contribution in [-0.2, 0) is 9.84 Å². The molecule has 0 aromatic carbocycles. The van der Waals surface area contributed by atoms with Gasteiger partial charge in [-0.2, -0.15) is 0 Å². The van der Waals surface area contributed by atoms with Gasteiger partial charge in [-0.05, 0) is 12.8 Å². The Morgan fingerprint density at radius 3 is 1.60 bits per heavy atom. The van der Waals surface area contributed by atoms with Gasteiger partial charge in [0.1, 0.15) is 9.84 Å². The highest BCUT2D eigenvalue weighted by atomic mass is 32.2. The predicted octanol–water partition coefficient (Wildman–Crippen LogP) is 1.37. The summed E-state index contributed by atoms with van der Waals surface area (Å²) >= 11 is 0. The Bertz CT molecular complexity index is 168. The van der Waals surface area contributed by atoms with Crippen LogP contribution in [0.15, 0.2) is 0 Å². The van der Waals surface area contributed by atoms with Gasteiger partial charge in [-0.3, -0.25) is 0 Å². The number of rotatable bonds is 0. The van der Waals surface area contributed by atoms with E-state index >= 15 is 0 Å². The van der Waals surface area contributed by atoms with Crippen LogP contribution in [0.25, 0.3) is 0 Å². The van der Waals surface area contributed by atoms with E-state index in [0.717, 1.165) is 25.7 Å². The Balaban J connectivity index is 2.46. The highest BCUT2D eigenvalue weighted by Crippen LogP contribution is 2.11. The molecule has 2 nitrogen and oxygen atoms in total. The van der Waals surface area contributed by atoms with Gasteiger partial charge in [0, 0.05) is 0 Å². The molecule has 0 unspecified atom stereocenters. The van der Waals surface area contributed by atoms with Crippen molar-refractivity contribution < 1.29 is 8.42 Å². The third-order valence-corrected chi connectivity index (χ3v) is 3.73. The van der Waals surface area contributed by atoms with Crippen LogP contribution in [0.4, 0.5) is 0 Å². The zero-order valence-corrected chi connectivity index (χ0v) is 6.99. The van der Waals surface area contributed by atoms with Crippen LogP contribution < -0.4 is 0 Å². The molecule has 1 saturated heterocycles. The molecule has 1 rings (SSSR count). The number of sulfone groups is 1. The van der Waals surface area contributed by atoms with Crippen LogP contribution in [0.2, 0.25) is 0 Å². The maximum absolute atomic E-state index is 11.0. The summed E-state index contributed by atoms with van der Waals surface area (Å²) in [4.78, 5) is 0. The van der Waals surface area contributed by atoms with Crippen molar-refractivity contribution in [3.63, 3.8) is 0 Å². The van der Waals surface area contributed by atoms with E-state index in [2.05, 4.69) is 0 Å². The summed E-state index contributed by atoms with van der Waals surface area (Å²) in [6, 6.07) is 0. The maximum Gasteiger partial charge on any atom is 0.150 e. The average molecular weight is 162 g/mol. The lowest BCUT2D eigenvalue weighted by molar-refractivity contribution is 0.568. The molecule has 0 amide bonds. The Hall–Kier alpha value is -0.0500. The molecule has 60 valence electrons. The topological polar surface area (TPSA) is 34.1 Å². The predicted molar refractivity (Wildman–Crippen MR) is 41.7 cm³/mol. The molecule has 0 atom stereocenters. The van der Waals surface area contributed by atoms with Crippen LogP contribution in [0, 0.1) is 0 Å². The molecule has 0 N–H and O–H groups in total. The molecule has 0 saturated carbocycles. The first-order valence-corrected chi connectivity index (χ1v) is 5.73. The van der Waals surface area contributed by atoms with Gasteiger partial charge < -0.3 is 0 Å². The van der Waals surface area contributed by atoms with Crippen molar-refractivity contribution in [3.8, 4) is 0 Å². The van der Waals surface area contributed by atoms with Gasteiger partial charge in [0.05, 0.1) is 11.5 Å². The largest absolute Gasteiger partial charge is 0.229 e. The summed E-state index contributed by atoms with van der Waals surface area (Å²) in [7, 11) is -2.64. The molecule has 0 spiro atoms. The lowest BCUT2D eigenvalue weighted by Crippen LogP contribution is -2.12. The summed E-state index contributed by atoms with van der Waals surface area (Å²) in [5.74, 6) is 0.847. The second kappa shape index (κ2) is 3.37. The van der Waals surface area contributed by atoms with E-state index in [-0.39, 0.29) is 0 Å². The van der Waals surface area contributed by atoms with Gasteiger partial charge in [0.25, 0.3) is 0 Å². The van der Waals surface area contributed by atoms with E-state index < -0.39 is 9.84 Å². The van der Waals surface area contributed by atoms with E-state index in [1.807, 2.05) is 0 Å². The summed E-state index contributed by atoms with van der Waals surface area (Å²) in [6.07, 6.45) is 5.17. The molecule has 0 bridgehead atoms. The summed E-state index contributed by atoms with van der Waals surface area (Å²) < 4.78 is 22.0. The molecule has 1 aliphatic rings. The van der Waals surface area contributed by atoms with E-state index in [1.54, 1.807) is 0 Å². The Morgan fingerprint density at radius 2 is 1.10 bits per heavy atom. The van der Waals surface area contributed by atoms with Crippen molar-refractivity contribution in [1.82, 2.24) is 0 Å². The summed E-state index contributed by atoms with van der Waals surface area (Å²) in [5.41, 5.74) is 0. The fourth-order valence-corrected chi connectivity index (χ4v) is 2.77. The standard InChI is InChI=1S/C7H14O2S/c8-10(9)6-4-2-1-3-5-7-10/h1-7H2. The minimum Gasteiger partial charge on any atom is -0.229 e. The summed E-state index contributed by atoms with van der Waals surface area (Å²) in [6.45, 7) is 0. The first kappa shape index (κ1) is 8.05. The molecule has 3 heteroatoms. The lowest BCUT2D eigenvalue weighted by Gasteiger charge is -2.07. The second-order valence-corrected chi connectivity index (χ2v) is 5.22. The minimum atomic E-state index is -2.64. The zero-order chi connectivity index (χ0) is 7.45. The maximum atomic E-state index is 11.0. The first-order chi connectivity index (χ1) is 4.71. The fourth-order valence-electron chi connectivity index (χ4n) is 1.28. The monoisotopic (exact) mass is 162 g/mol. The van der Waals surface area contributed by atoms with Crippen LogP contribution >= 0.6 is 0 Å². The van der Waals surface area contributed by atoms with Crippen LogP contribution in [0.3, 0.4) is 0 Å². The Morgan fingerprint density at radius 1 is 0.700 bits per heavy atom. The third-order valence-electron chi connectivity index (χ3n) is 1.91. The van der Waals surface area contributed by atoms with Gasteiger partial charge in [0.2, 0.25) is 0 Å². The minimum absolute atomic E-state index is 0.424. The molecule has 0 radical (unpaired) electrons. The van der Waals surface area contributed by atoms with E-state index in [4.69, 9.17) is 0 Å². The molecule has 0 aromatic heterocycles. The molecule has 10 heavy (non-hydrogen) atoms. The molecule has 0 aliphatic carbocycles. The summed E-state index contributed by atoms with van der Waals surface area (Å²) in [5, 5.41) is 0. The molecule has 1 heterocycles. The molecular weight excluding hydrogens is 148 g/mol. The van der Waals surface area contributed by atoms with Gasteiger partial charge in [-0.1, -0.05) is 19.3 Å². The highest BCUT2D eigenvalue weighted by molar-refractivity contribution is 7.91. The third kappa shape index (κ3) is 2.69. The normalized spacial score (nSPS) is 26.8.